The molecule has 3 rings (SSSR count). The molecule has 1 heteroatoms. The third-order valence-corrected chi connectivity index (χ3v) is 4.24. The van der Waals surface area contributed by atoms with Crippen molar-refractivity contribution in [3.05, 3.63) is 114 Å². The van der Waals surface area contributed by atoms with E-state index in [2.05, 4.69) is 95.8 Å². The minimum Gasteiger partial charge on any atom is -0.0984 e. The van der Waals surface area contributed by atoms with Gasteiger partial charge in [-0.05, 0) is 57.7 Å². The number of hydrogen-bond acceptors (Lipinski definition) is 0. The highest BCUT2D eigenvalue weighted by atomic mass is 79.9. The van der Waals surface area contributed by atoms with E-state index in [1.54, 1.807) is 0 Å². The maximum absolute atomic E-state index is 3.97. The average Bonchev–Trinajstić information content (AvgIpc) is 2.67. The molecule has 0 spiro atoms. The van der Waals surface area contributed by atoms with Gasteiger partial charge >= 0.3 is 0 Å². The molecule has 0 aliphatic carbocycles. The third kappa shape index (κ3) is 4.26. The molecule has 3 aromatic rings. The summed E-state index contributed by atoms with van der Waals surface area (Å²) < 4.78 is 0.828. The number of allylic oxidation sites excluding steroid dienone is 4. The van der Waals surface area contributed by atoms with Gasteiger partial charge in [0.25, 0.3) is 0 Å². The summed E-state index contributed by atoms with van der Waals surface area (Å²) in [5.74, 6) is 0. The van der Waals surface area contributed by atoms with Crippen molar-refractivity contribution < 1.29 is 0 Å². The van der Waals surface area contributed by atoms with E-state index in [0.29, 0.717) is 0 Å². The van der Waals surface area contributed by atoms with Gasteiger partial charge in [-0.25, -0.2) is 0 Å². The van der Waals surface area contributed by atoms with Crippen molar-refractivity contribution in [2.24, 2.45) is 0 Å². The van der Waals surface area contributed by atoms with E-state index in [9.17, 15) is 0 Å². The number of rotatable bonds is 5. The molecule has 0 bridgehead atoms. The van der Waals surface area contributed by atoms with Crippen LogP contribution < -0.4 is 0 Å². The van der Waals surface area contributed by atoms with Gasteiger partial charge in [-0.3, -0.25) is 0 Å². The number of hydrogen-bond donors (Lipinski definition) is 0. The van der Waals surface area contributed by atoms with Crippen LogP contribution >= 0.6 is 15.9 Å². The van der Waals surface area contributed by atoms with Crippen molar-refractivity contribution in [1.82, 2.24) is 0 Å². The quantitative estimate of drug-likeness (QED) is 0.398. The first-order valence-electron chi connectivity index (χ1n) is 8.12. The Kier molecular flexibility index (Phi) is 5.47. The second-order valence-corrected chi connectivity index (χ2v) is 6.80. The van der Waals surface area contributed by atoms with Gasteiger partial charge in [0.1, 0.15) is 0 Å². The van der Waals surface area contributed by atoms with Crippen LogP contribution in [0, 0.1) is 0 Å². The SMILES string of the molecule is C=C/C(=C\C(=C)Br)c1cc(-c2ccccc2)cc(-c2ccccc2)c1. The minimum absolute atomic E-state index is 0.828. The van der Waals surface area contributed by atoms with E-state index in [-0.39, 0.29) is 0 Å². The lowest BCUT2D eigenvalue weighted by atomic mass is 9.93. The van der Waals surface area contributed by atoms with Gasteiger partial charge < -0.3 is 0 Å². The van der Waals surface area contributed by atoms with Crippen LogP contribution in [-0.2, 0) is 0 Å². The second kappa shape index (κ2) is 7.96. The first kappa shape index (κ1) is 17.2. The highest BCUT2D eigenvalue weighted by molar-refractivity contribution is 9.11. The Hall–Kier alpha value is -2.64. The minimum atomic E-state index is 0.828. The van der Waals surface area contributed by atoms with E-state index < -0.39 is 0 Å². The zero-order chi connectivity index (χ0) is 17.6. The molecule has 0 heterocycles. The van der Waals surface area contributed by atoms with Gasteiger partial charge in [0, 0.05) is 4.48 Å². The summed E-state index contributed by atoms with van der Waals surface area (Å²) in [7, 11) is 0. The van der Waals surface area contributed by atoms with E-state index in [0.717, 1.165) is 15.6 Å². The fourth-order valence-corrected chi connectivity index (χ4v) is 3.06. The summed E-state index contributed by atoms with van der Waals surface area (Å²) in [6.45, 7) is 7.89. The standard InChI is InChI=1S/C24H19Br/c1-3-19(14-18(2)25)22-15-23(20-10-6-4-7-11-20)17-24(16-22)21-12-8-5-9-13-21/h3-17H,1-2H2/b19-14+. The third-order valence-electron chi connectivity index (χ3n) is 4.01. The molecular weight excluding hydrogens is 368 g/mol. The topological polar surface area (TPSA) is 0 Å². The molecule has 3 aromatic carbocycles. The fourth-order valence-electron chi connectivity index (χ4n) is 2.82. The molecule has 0 aromatic heterocycles. The van der Waals surface area contributed by atoms with Crippen molar-refractivity contribution in [3.8, 4) is 22.3 Å². The molecule has 0 N–H and O–H groups in total. The average molecular weight is 387 g/mol. The molecule has 0 saturated carbocycles. The molecule has 0 fully saturated rings. The summed E-state index contributed by atoms with van der Waals surface area (Å²) in [6, 6.07) is 27.5. The van der Waals surface area contributed by atoms with Crippen molar-refractivity contribution >= 4 is 21.5 Å². The predicted molar refractivity (Wildman–Crippen MR) is 114 cm³/mol. The summed E-state index contributed by atoms with van der Waals surface area (Å²) in [5, 5.41) is 0. The zero-order valence-electron chi connectivity index (χ0n) is 14.0. The van der Waals surface area contributed by atoms with Crippen LogP contribution in [0.3, 0.4) is 0 Å². The van der Waals surface area contributed by atoms with E-state index >= 15 is 0 Å². The monoisotopic (exact) mass is 386 g/mol. The van der Waals surface area contributed by atoms with Crippen LogP contribution in [0.2, 0.25) is 0 Å². The highest BCUT2D eigenvalue weighted by Gasteiger charge is 2.07. The molecule has 0 radical (unpaired) electrons. The van der Waals surface area contributed by atoms with Gasteiger partial charge in [-0.15, -0.1) is 0 Å². The molecule has 25 heavy (non-hydrogen) atoms. The Balaban J connectivity index is 2.22. The van der Waals surface area contributed by atoms with Gasteiger partial charge in [0.05, 0.1) is 0 Å². The lowest BCUT2D eigenvalue weighted by molar-refractivity contribution is 1.55. The molecule has 0 aliphatic rings. The van der Waals surface area contributed by atoms with Crippen LogP contribution in [0.1, 0.15) is 5.56 Å². The molecule has 0 amide bonds. The van der Waals surface area contributed by atoms with Crippen molar-refractivity contribution in [3.63, 3.8) is 0 Å². The Morgan fingerprint density at radius 3 is 1.60 bits per heavy atom. The maximum Gasteiger partial charge on any atom is 0.0109 e. The van der Waals surface area contributed by atoms with Crippen LogP contribution in [0.25, 0.3) is 27.8 Å². The molecule has 0 aliphatic heterocycles. The predicted octanol–water partition coefficient (Wildman–Crippen LogP) is 7.50. The molecule has 122 valence electrons. The Labute approximate surface area is 158 Å². The van der Waals surface area contributed by atoms with E-state index in [1.807, 2.05) is 24.3 Å². The largest absolute Gasteiger partial charge is 0.0984 e. The molecule has 0 nitrogen and oxygen atoms in total. The summed E-state index contributed by atoms with van der Waals surface area (Å²) >= 11 is 3.42. The van der Waals surface area contributed by atoms with Gasteiger partial charge in [-0.2, -0.15) is 0 Å². The number of halogens is 1. The summed E-state index contributed by atoms with van der Waals surface area (Å²) in [5.41, 5.74) is 6.92. The van der Waals surface area contributed by atoms with E-state index in [1.165, 1.54) is 22.3 Å². The zero-order valence-corrected chi connectivity index (χ0v) is 15.5. The molecular formula is C24H19Br. The van der Waals surface area contributed by atoms with Crippen molar-refractivity contribution in [2.45, 2.75) is 0 Å². The molecule has 0 saturated heterocycles. The highest BCUT2D eigenvalue weighted by Crippen LogP contribution is 2.32. The Morgan fingerprint density at radius 2 is 1.20 bits per heavy atom. The maximum atomic E-state index is 3.97. The van der Waals surface area contributed by atoms with E-state index in [4.69, 9.17) is 0 Å². The van der Waals surface area contributed by atoms with Crippen LogP contribution in [0.15, 0.2) is 109 Å². The molecule has 0 unspecified atom stereocenters. The smallest absolute Gasteiger partial charge is 0.0109 e. The summed E-state index contributed by atoms with van der Waals surface area (Å²) in [4.78, 5) is 0. The first-order chi connectivity index (χ1) is 12.2. The first-order valence-corrected chi connectivity index (χ1v) is 8.91. The van der Waals surface area contributed by atoms with Crippen molar-refractivity contribution in [1.29, 1.82) is 0 Å². The van der Waals surface area contributed by atoms with Crippen LogP contribution in [0.4, 0.5) is 0 Å². The van der Waals surface area contributed by atoms with Crippen LogP contribution in [-0.4, -0.2) is 0 Å². The van der Waals surface area contributed by atoms with Crippen LogP contribution in [0.5, 0.6) is 0 Å². The van der Waals surface area contributed by atoms with Gasteiger partial charge in [-0.1, -0.05) is 95.8 Å². The fraction of sp³-hybridized carbons (Fsp3) is 0. The van der Waals surface area contributed by atoms with Gasteiger partial charge in [0.2, 0.25) is 0 Å². The lowest BCUT2D eigenvalue weighted by Crippen LogP contribution is -1.88. The molecule has 0 atom stereocenters. The van der Waals surface area contributed by atoms with Gasteiger partial charge in [0.15, 0.2) is 0 Å². The normalized spacial score (nSPS) is 11.2. The lowest BCUT2D eigenvalue weighted by Gasteiger charge is -2.12. The second-order valence-electron chi connectivity index (χ2n) is 5.78. The summed E-state index contributed by atoms with van der Waals surface area (Å²) in [6.07, 6.45) is 3.86. The Bertz CT molecular complexity index is 861. The number of benzene rings is 3. The Morgan fingerprint density at radius 1 is 0.720 bits per heavy atom. The van der Waals surface area contributed by atoms with Crippen molar-refractivity contribution in [2.75, 3.05) is 0 Å².